The van der Waals surface area contributed by atoms with Gasteiger partial charge in [-0.05, 0) is 13.0 Å². The summed E-state index contributed by atoms with van der Waals surface area (Å²) < 4.78 is 0. The van der Waals surface area contributed by atoms with Crippen LogP contribution in [0.15, 0.2) is 18.5 Å². The molecule has 1 aromatic heterocycles. The Labute approximate surface area is 78.0 Å². The first kappa shape index (κ1) is 8.44. The molecular weight excluding hydrogens is 164 g/mol. The van der Waals surface area contributed by atoms with Gasteiger partial charge in [-0.3, -0.25) is 0 Å². The zero-order valence-corrected chi connectivity index (χ0v) is 7.77. The molecule has 4 nitrogen and oxygen atoms in total. The van der Waals surface area contributed by atoms with Crippen LogP contribution in [-0.2, 0) is 0 Å². The highest BCUT2D eigenvalue weighted by molar-refractivity contribution is 5.29. The summed E-state index contributed by atoms with van der Waals surface area (Å²) >= 11 is 0. The minimum atomic E-state index is 0.526. The Morgan fingerprint density at radius 1 is 1.46 bits per heavy atom. The summed E-state index contributed by atoms with van der Waals surface area (Å²) in [6.07, 6.45) is 3.57. The van der Waals surface area contributed by atoms with E-state index in [1.807, 2.05) is 6.07 Å². The third kappa shape index (κ3) is 1.95. The van der Waals surface area contributed by atoms with Gasteiger partial charge in [-0.25, -0.2) is 9.97 Å². The second-order valence-corrected chi connectivity index (χ2v) is 3.35. The van der Waals surface area contributed by atoms with Gasteiger partial charge in [0.1, 0.15) is 0 Å². The van der Waals surface area contributed by atoms with Gasteiger partial charge >= 0.3 is 0 Å². The van der Waals surface area contributed by atoms with E-state index in [0.717, 1.165) is 25.6 Å². The summed E-state index contributed by atoms with van der Waals surface area (Å²) in [5, 5.41) is 3.38. The lowest BCUT2D eigenvalue weighted by molar-refractivity contribution is 0.479. The second kappa shape index (κ2) is 3.70. The van der Waals surface area contributed by atoms with Crippen molar-refractivity contribution in [3.8, 4) is 0 Å². The highest BCUT2D eigenvalue weighted by Crippen LogP contribution is 2.07. The molecule has 1 saturated heterocycles. The van der Waals surface area contributed by atoms with Gasteiger partial charge in [-0.1, -0.05) is 0 Å². The van der Waals surface area contributed by atoms with E-state index in [9.17, 15) is 0 Å². The Bertz CT molecular complexity index is 262. The zero-order chi connectivity index (χ0) is 9.10. The van der Waals surface area contributed by atoms with Crippen LogP contribution in [0.25, 0.3) is 0 Å². The van der Waals surface area contributed by atoms with Gasteiger partial charge in [-0.15, -0.1) is 0 Å². The van der Waals surface area contributed by atoms with Crippen LogP contribution in [0, 0.1) is 0 Å². The number of hydrogen-bond donors (Lipinski definition) is 1. The highest BCUT2D eigenvalue weighted by Gasteiger charge is 2.16. The largest absolute Gasteiger partial charge is 0.338 e. The Kier molecular flexibility index (Phi) is 2.40. The van der Waals surface area contributed by atoms with E-state index < -0.39 is 0 Å². The Morgan fingerprint density at radius 3 is 2.92 bits per heavy atom. The molecule has 1 aromatic rings. The molecule has 0 radical (unpaired) electrons. The van der Waals surface area contributed by atoms with E-state index in [1.165, 1.54) is 0 Å². The lowest BCUT2D eigenvalue weighted by Gasteiger charge is -2.31. The average Bonchev–Trinajstić information content (AvgIpc) is 2.19. The summed E-state index contributed by atoms with van der Waals surface area (Å²) in [6, 6.07) is 2.37. The fourth-order valence-electron chi connectivity index (χ4n) is 1.57. The summed E-state index contributed by atoms with van der Waals surface area (Å²) in [5.41, 5.74) is 0. The van der Waals surface area contributed by atoms with Crippen molar-refractivity contribution in [1.82, 2.24) is 15.3 Å². The molecule has 1 N–H and O–H groups in total. The molecule has 0 aliphatic carbocycles. The van der Waals surface area contributed by atoms with Crippen LogP contribution in [0.1, 0.15) is 6.92 Å². The van der Waals surface area contributed by atoms with E-state index >= 15 is 0 Å². The molecule has 2 heterocycles. The predicted molar refractivity (Wildman–Crippen MR) is 51.7 cm³/mol. The fourth-order valence-corrected chi connectivity index (χ4v) is 1.57. The molecule has 1 aliphatic rings. The highest BCUT2D eigenvalue weighted by atomic mass is 15.3. The summed E-state index contributed by atoms with van der Waals surface area (Å²) in [7, 11) is 0. The molecule has 0 bridgehead atoms. The average molecular weight is 178 g/mol. The SMILES string of the molecule is CC1CN(c2ncccn2)CCN1. The molecule has 1 atom stereocenters. The molecular formula is C9H14N4. The molecule has 4 heteroatoms. The minimum Gasteiger partial charge on any atom is -0.338 e. The van der Waals surface area contributed by atoms with Gasteiger partial charge in [0.05, 0.1) is 0 Å². The molecule has 1 fully saturated rings. The van der Waals surface area contributed by atoms with Gasteiger partial charge in [0.15, 0.2) is 0 Å². The van der Waals surface area contributed by atoms with Crippen LogP contribution in [0.4, 0.5) is 5.95 Å². The zero-order valence-electron chi connectivity index (χ0n) is 7.77. The lowest BCUT2D eigenvalue weighted by Crippen LogP contribution is -2.49. The fraction of sp³-hybridized carbons (Fsp3) is 0.556. The van der Waals surface area contributed by atoms with Crippen LogP contribution < -0.4 is 10.2 Å². The van der Waals surface area contributed by atoms with Gasteiger partial charge in [-0.2, -0.15) is 0 Å². The van der Waals surface area contributed by atoms with Gasteiger partial charge in [0.25, 0.3) is 0 Å². The van der Waals surface area contributed by atoms with Crippen molar-refractivity contribution >= 4 is 5.95 Å². The molecule has 70 valence electrons. The first-order valence-corrected chi connectivity index (χ1v) is 4.61. The molecule has 0 saturated carbocycles. The van der Waals surface area contributed by atoms with Crippen molar-refractivity contribution in [1.29, 1.82) is 0 Å². The monoisotopic (exact) mass is 178 g/mol. The van der Waals surface area contributed by atoms with Crippen molar-refractivity contribution in [2.24, 2.45) is 0 Å². The van der Waals surface area contributed by atoms with E-state index in [1.54, 1.807) is 12.4 Å². The second-order valence-electron chi connectivity index (χ2n) is 3.35. The topological polar surface area (TPSA) is 41.1 Å². The van der Waals surface area contributed by atoms with Crippen LogP contribution in [0.5, 0.6) is 0 Å². The van der Waals surface area contributed by atoms with E-state index in [4.69, 9.17) is 0 Å². The molecule has 13 heavy (non-hydrogen) atoms. The number of rotatable bonds is 1. The quantitative estimate of drug-likeness (QED) is 0.670. The molecule has 0 amide bonds. The maximum atomic E-state index is 4.22. The Balaban J connectivity index is 2.08. The first-order valence-electron chi connectivity index (χ1n) is 4.61. The number of nitrogens with one attached hydrogen (secondary N) is 1. The number of nitrogens with zero attached hydrogens (tertiary/aromatic N) is 3. The van der Waals surface area contributed by atoms with Crippen LogP contribution in [-0.4, -0.2) is 35.6 Å². The van der Waals surface area contributed by atoms with E-state index in [2.05, 4.69) is 27.1 Å². The smallest absolute Gasteiger partial charge is 0.225 e. The van der Waals surface area contributed by atoms with Crippen molar-refractivity contribution in [3.05, 3.63) is 18.5 Å². The third-order valence-electron chi connectivity index (χ3n) is 2.20. The van der Waals surface area contributed by atoms with Crippen LogP contribution in [0.2, 0.25) is 0 Å². The van der Waals surface area contributed by atoms with Crippen molar-refractivity contribution < 1.29 is 0 Å². The number of anilines is 1. The summed E-state index contributed by atoms with van der Waals surface area (Å²) in [5.74, 6) is 0.843. The Hall–Kier alpha value is -1.16. The normalized spacial score (nSPS) is 23.2. The van der Waals surface area contributed by atoms with Crippen LogP contribution in [0.3, 0.4) is 0 Å². The summed E-state index contributed by atoms with van der Waals surface area (Å²) in [4.78, 5) is 10.7. The van der Waals surface area contributed by atoms with Crippen molar-refractivity contribution in [2.75, 3.05) is 24.5 Å². The first-order chi connectivity index (χ1) is 6.36. The lowest BCUT2D eigenvalue weighted by atomic mass is 10.2. The summed E-state index contributed by atoms with van der Waals surface area (Å²) in [6.45, 7) is 5.17. The number of piperazine rings is 1. The van der Waals surface area contributed by atoms with E-state index in [0.29, 0.717) is 6.04 Å². The maximum absolute atomic E-state index is 4.22. The molecule has 2 rings (SSSR count). The standard InChI is InChI=1S/C9H14N4/c1-8-7-13(6-5-10-8)9-11-3-2-4-12-9/h2-4,8,10H,5-7H2,1H3. The molecule has 0 aromatic carbocycles. The van der Waals surface area contributed by atoms with Crippen molar-refractivity contribution in [2.45, 2.75) is 13.0 Å². The molecule has 1 aliphatic heterocycles. The number of hydrogen-bond acceptors (Lipinski definition) is 4. The van der Waals surface area contributed by atoms with Gasteiger partial charge in [0, 0.05) is 38.1 Å². The van der Waals surface area contributed by atoms with Gasteiger partial charge < -0.3 is 10.2 Å². The third-order valence-corrected chi connectivity index (χ3v) is 2.20. The van der Waals surface area contributed by atoms with Crippen LogP contribution >= 0.6 is 0 Å². The molecule has 1 unspecified atom stereocenters. The van der Waals surface area contributed by atoms with Gasteiger partial charge in [0.2, 0.25) is 5.95 Å². The minimum absolute atomic E-state index is 0.526. The molecule has 0 spiro atoms. The van der Waals surface area contributed by atoms with E-state index in [-0.39, 0.29) is 0 Å². The predicted octanol–water partition coefficient (Wildman–Crippen LogP) is 0.275. The maximum Gasteiger partial charge on any atom is 0.225 e. The van der Waals surface area contributed by atoms with Crippen molar-refractivity contribution in [3.63, 3.8) is 0 Å². The Morgan fingerprint density at radius 2 is 2.23 bits per heavy atom. The number of aromatic nitrogens is 2.